The van der Waals surface area contributed by atoms with Crippen molar-refractivity contribution in [2.75, 3.05) is 26.7 Å². The van der Waals surface area contributed by atoms with Crippen LogP contribution in [-0.4, -0.2) is 37.6 Å². The maximum absolute atomic E-state index is 12.0. The number of fused-ring (bicyclic) bond motifs is 1. The quantitative estimate of drug-likeness (QED) is 0.887. The van der Waals surface area contributed by atoms with Crippen LogP contribution in [-0.2, 0) is 24.2 Å². The second kappa shape index (κ2) is 7.97. The van der Waals surface area contributed by atoms with Crippen LogP contribution in [0.2, 0.25) is 0 Å². The number of ether oxygens (including phenoxy) is 1. The van der Waals surface area contributed by atoms with Crippen LogP contribution in [0.5, 0.6) is 5.75 Å². The van der Waals surface area contributed by atoms with Crippen molar-refractivity contribution < 1.29 is 9.53 Å². The summed E-state index contributed by atoms with van der Waals surface area (Å²) in [7, 11) is 1.64. The highest BCUT2D eigenvalue weighted by Crippen LogP contribution is 2.17. The van der Waals surface area contributed by atoms with Gasteiger partial charge >= 0.3 is 0 Å². The highest BCUT2D eigenvalue weighted by molar-refractivity contribution is 5.78. The van der Waals surface area contributed by atoms with Gasteiger partial charge in [-0.15, -0.1) is 0 Å². The van der Waals surface area contributed by atoms with E-state index in [0.717, 1.165) is 37.4 Å². The van der Waals surface area contributed by atoms with Crippen molar-refractivity contribution in [3.8, 4) is 5.75 Å². The average molecular weight is 324 g/mol. The summed E-state index contributed by atoms with van der Waals surface area (Å²) in [6.45, 7) is 3.62. The van der Waals surface area contributed by atoms with E-state index in [-0.39, 0.29) is 5.91 Å². The highest BCUT2D eigenvalue weighted by Gasteiger charge is 2.15. The van der Waals surface area contributed by atoms with Crippen LogP contribution in [0, 0.1) is 0 Å². The van der Waals surface area contributed by atoms with E-state index in [4.69, 9.17) is 4.74 Å². The highest BCUT2D eigenvalue weighted by atomic mass is 16.5. The number of nitrogens with zero attached hydrogens (tertiary/aromatic N) is 1. The Morgan fingerprint density at radius 2 is 1.88 bits per heavy atom. The Morgan fingerprint density at radius 1 is 1.12 bits per heavy atom. The summed E-state index contributed by atoms with van der Waals surface area (Å²) >= 11 is 0. The summed E-state index contributed by atoms with van der Waals surface area (Å²) in [5.41, 5.74) is 3.87. The zero-order valence-corrected chi connectivity index (χ0v) is 14.1. The van der Waals surface area contributed by atoms with Gasteiger partial charge in [0, 0.05) is 26.2 Å². The molecule has 1 heterocycles. The Hall–Kier alpha value is -2.33. The molecule has 4 heteroatoms. The first kappa shape index (κ1) is 16.5. The van der Waals surface area contributed by atoms with E-state index in [2.05, 4.69) is 34.5 Å². The van der Waals surface area contributed by atoms with Gasteiger partial charge in [0.2, 0.25) is 5.91 Å². The molecule has 2 aromatic carbocycles. The van der Waals surface area contributed by atoms with Crippen LogP contribution in [0.3, 0.4) is 0 Å². The molecule has 0 radical (unpaired) electrons. The Balaban J connectivity index is 1.41. The van der Waals surface area contributed by atoms with E-state index in [9.17, 15) is 4.79 Å². The third kappa shape index (κ3) is 4.36. The number of nitrogens with one attached hydrogen (secondary N) is 1. The maximum Gasteiger partial charge on any atom is 0.224 e. The number of rotatable bonds is 6. The standard InChI is InChI=1S/C20H24N2O2/c1-24-19-8-6-16(7-9-19)14-20(23)21-11-13-22-12-10-17-4-2-3-5-18(17)15-22/h2-9H,10-15H2,1H3,(H,21,23). The molecule has 0 fully saturated rings. The van der Waals surface area contributed by atoms with E-state index >= 15 is 0 Å². The molecule has 0 aliphatic carbocycles. The maximum atomic E-state index is 12.0. The normalized spacial score (nSPS) is 14.0. The molecule has 0 atom stereocenters. The molecule has 1 amide bonds. The zero-order valence-electron chi connectivity index (χ0n) is 14.1. The van der Waals surface area contributed by atoms with Gasteiger partial charge in [-0.3, -0.25) is 9.69 Å². The molecule has 126 valence electrons. The van der Waals surface area contributed by atoms with Crippen molar-refractivity contribution in [1.82, 2.24) is 10.2 Å². The van der Waals surface area contributed by atoms with Crippen LogP contribution in [0.4, 0.5) is 0 Å². The molecule has 1 aliphatic heterocycles. The summed E-state index contributed by atoms with van der Waals surface area (Å²) < 4.78 is 5.13. The average Bonchev–Trinajstić information content (AvgIpc) is 2.62. The first-order chi connectivity index (χ1) is 11.7. The second-order valence-corrected chi connectivity index (χ2v) is 6.17. The molecule has 3 rings (SSSR count). The minimum atomic E-state index is 0.0672. The van der Waals surface area contributed by atoms with E-state index in [1.165, 1.54) is 11.1 Å². The lowest BCUT2D eigenvalue weighted by atomic mass is 10.00. The lowest BCUT2D eigenvalue weighted by molar-refractivity contribution is -0.120. The Labute approximate surface area is 143 Å². The van der Waals surface area contributed by atoms with Gasteiger partial charge in [0.15, 0.2) is 0 Å². The molecule has 0 spiro atoms. The Morgan fingerprint density at radius 3 is 2.62 bits per heavy atom. The van der Waals surface area contributed by atoms with Crippen LogP contribution in [0.1, 0.15) is 16.7 Å². The summed E-state index contributed by atoms with van der Waals surface area (Å²) in [6, 6.07) is 16.2. The number of hydrogen-bond acceptors (Lipinski definition) is 3. The Bertz CT molecular complexity index is 682. The molecular formula is C20H24N2O2. The summed E-state index contributed by atoms with van der Waals surface area (Å²) in [5, 5.41) is 3.02. The lowest BCUT2D eigenvalue weighted by Gasteiger charge is -2.28. The fraction of sp³-hybridized carbons (Fsp3) is 0.350. The first-order valence-electron chi connectivity index (χ1n) is 8.43. The monoisotopic (exact) mass is 324 g/mol. The van der Waals surface area contributed by atoms with Crippen LogP contribution < -0.4 is 10.1 Å². The fourth-order valence-corrected chi connectivity index (χ4v) is 3.09. The van der Waals surface area contributed by atoms with Crippen molar-refractivity contribution in [2.24, 2.45) is 0 Å². The van der Waals surface area contributed by atoms with Gasteiger partial charge < -0.3 is 10.1 Å². The van der Waals surface area contributed by atoms with Gasteiger partial charge in [-0.1, -0.05) is 36.4 Å². The fourth-order valence-electron chi connectivity index (χ4n) is 3.09. The second-order valence-electron chi connectivity index (χ2n) is 6.17. The number of carbonyl (C=O) groups excluding carboxylic acids is 1. The topological polar surface area (TPSA) is 41.6 Å². The number of methoxy groups -OCH3 is 1. The molecule has 0 saturated heterocycles. The van der Waals surface area contributed by atoms with Crippen molar-refractivity contribution in [1.29, 1.82) is 0 Å². The molecule has 0 aromatic heterocycles. The van der Waals surface area contributed by atoms with Crippen molar-refractivity contribution in [3.63, 3.8) is 0 Å². The largest absolute Gasteiger partial charge is 0.497 e. The van der Waals surface area contributed by atoms with E-state index in [1.54, 1.807) is 7.11 Å². The lowest BCUT2D eigenvalue weighted by Crippen LogP contribution is -2.38. The first-order valence-corrected chi connectivity index (χ1v) is 8.43. The van der Waals surface area contributed by atoms with Crippen molar-refractivity contribution in [2.45, 2.75) is 19.4 Å². The third-order valence-electron chi connectivity index (χ3n) is 4.48. The van der Waals surface area contributed by atoms with Crippen molar-refractivity contribution in [3.05, 3.63) is 65.2 Å². The predicted molar refractivity (Wildman–Crippen MR) is 95.1 cm³/mol. The zero-order chi connectivity index (χ0) is 16.8. The molecule has 2 aromatic rings. The summed E-state index contributed by atoms with van der Waals surface area (Å²) in [5.74, 6) is 0.877. The van der Waals surface area contributed by atoms with Crippen LogP contribution in [0.25, 0.3) is 0 Å². The van der Waals surface area contributed by atoms with Gasteiger partial charge in [-0.2, -0.15) is 0 Å². The van der Waals surface area contributed by atoms with Gasteiger partial charge in [-0.25, -0.2) is 0 Å². The third-order valence-corrected chi connectivity index (χ3v) is 4.48. The van der Waals surface area contributed by atoms with E-state index in [1.807, 2.05) is 24.3 Å². The number of carbonyl (C=O) groups is 1. The molecule has 0 saturated carbocycles. The minimum absolute atomic E-state index is 0.0672. The SMILES string of the molecule is COc1ccc(CC(=O)NCCN2CCc3ccccc3C2)cc1. The molecule has 1 aliphatic rings. The molecule has 0 bridgehead atoms. The van der Waals surface area contributed by atoms with E-state index < -0.39 is 0 Å². The van der Waals surface area contributed by atoms with Gasteiger partial charge in [-0.05, 0) is 35.2 Å². The number of amides is 1. The van der Waals surface area contributed by atoms with Gasteiger partial charge in [0.25, 0.3) is 0 Å². The Kier molecular flexibility index (Phi) is 5.49. The number of benzene rings is 2. The summed E-state index contributed by atoms with van der Waals surface area (Å²) in [4.78, 5) is 14.4. The molecule has 0 unspecified atom stereocenters. The van der Waals surface area contributed by atoms with Crippen LogP contribution in [0.15, 0.2) is 48.5 Å². The van der Waals surface area contributed by atoms with Gasteiger partial charge in [0.1, 0.15) is 5.75 Å². The van der Waals surface area contributed by atoms with Crippen LogP contribution >= 0.6 is 0 Å². The van der Waals surface area contributed by atoms with Crippen molar-refractivity contribution >= 4 is 5.91 Å². The minimum Gasteiger partial charge on any atom is -0.497 e. The molecular weight excluding hydrogens is 300 g/mol. The van der Waals surface area contributed by atoms with Gasteiger partial charge in [0.05, 0.1) is 13.5 Å². The summed E-state index contributed by atoms with van der Waals surface area (Å²) in [6.07, 6.45) is 1.50. The predicted octanol–water partition coefficient (Wildman–Crippen LogP) is 2.41. The molecule has 4 nitrogen and oxygen atoms in total. The number of hydrogen-bond donors (Lipinski definition) is 1. The smallest absolute Gasteiger partial charge is 0.224 e. The van der Waals surface area contributed by atoms with E-state index in [0.29, 0.717) is 13.0 Å². The molecule has 24 heavy (non-hydrogen) atoms. The molecule has 1 N–H and O–H groups in total.